The number of amides is 1. The summed E-state index contributed by atoms with van der Waals surface area (Å²) < 4.78 is 7.08. The molecule has 1 aliphatic rings. The van der Waals surface area contributed by atoms with E-state index < -0.39 is 6.10 Å². The van der Waals surface area contributed by atoms with Crippen LogP contribution in [-0.2, 0) is 11.3 Å². The van der Waals surface area contributed by atoms with Gasteiger partial charge < -0.3 is 14.7 Å². The van der Waals surface area contributed by atoms with Crippen LogP contribution in [0.5, 0.6) is 0 Å². The molecular weight excluding hydrogens is 440 g/mol. The average Bonchev–Trinajstić information content (AvgIpc) is 3.41. The molecule has 2 heterocycles. The molecule has 1 aliphatic heterocycles. The minimum atomic E-state index is -0.738. The summed E-state index contributed by atoms with van der Waals surface area (Å²) in [5.41, 5.74) is 4.76. The van der Waals surface area contributed by atoms with Gasteiger partial charge in [-0.3, -0.25) is 0 Å². The van der Waals surface area contributed by atoms with Crippen LogP contribution < -0.4 is 0 Å². The van der Waals surface area contributed by atoms with Crippen LogP contribution in [0.25, 0.3) is 22.4 Å². The third-order valence-electron chi connectivity index (χ3n) is 5.96. The number of hydrogen-bond acceptors (Lipinski definition) is 5. The van der Waals surface area contributed by atoms with Crippen molar-refractivity contribution < 1.29 is 14.6 Å². The zero-order valence-corrected chi connectivity index (χ0v) is 19.1. The molecule has 7 heteroatoms. The molecule has 0 fully saturated rings. The molecule has 7 nitrogen and oxygen atoms in total. The van der Waals surface area contributed by atoms with Gasteiger partial charge in [0, 0.05) is 5.56 Å². The van der Waals surface area contributed by atoms with Crippen LogP contribution in [0.15, 0.2) is 103 Å². The molecule has 1 aromatic heterocycles. The largest absolute Gasteiger partial charge is 0.387 e. The van der Waals surface area contributed by atoms with Gasteiger partial charge >= 0.3 is 6.03 Å². The first kappa shape index (κ1) is 22.7. The summed E-state index contributed by atoms with van der Waals surface area (Å²) in [5.74, 6) is 0. The first-order chi connectivity index (χ1) is 17.2. The number of β-amino-alcohol motifs (C(OH)–C–C–N with tert-alkyl or cyclic N) is 1. The summed E-state index contributed by atoms with van der Waals surface area (Å²) in [4.78, 5) is 14.8. The maximum Gasteiger partial charge on any atom is 0.346 e. The second-order valence-electron chi connectivity index (χ2n) is 8.45. The predicted molar refractivity (Wildman–Crippen MR) is 133 cm³/mol. The van der Waals surface area contributed by atoms with Crippen LogP contribution in [0, 0.1) is 0 Å². The normalized spacial score (nSPS) is 17.5. The van der Waals surface area contributed by atoms with Gasteiger partial charge in [-0.1, -0.05) is 102 Å². The monoisotopic (exact) mass is 466 g/mol. The number of ether oxygens (including phenoxy) is 1. The highest BCUT2D eigenvalue weighted by atomic mass is 16.5. The Morgan fingerprint density at radius 2 is 1.54 bits per heavy atom. The van der Waals surface area contributed by atoms with Crippen LogP contribution in [-0.4, -0.2) is 56.3 Å². The van der Waals surface area contributed by atoms with Crippen molar-refractivity contribution >= 4 is 6.03 Å². The summed E-state index contributed by atoms with van der Waals surface area (Å²) in [6.07, 6.45) is 4.38. The Bertz CT molecular complexity index is 1290. The molecule has 0 bridgehead atoms. The summed E-state index contributed by atoms with van der Waals surface area (Å²) in [6.45, 7) is 0.921. The molecule has 5 rings (SSSR count). The van der Waals surface area contributed by atoms with E-state index in [1.165, 1.54) is 4.68 Å². The molecule has 0 radical (unpaired) electrons. The number of nitrogens with zero attached hydrogens (tertiary/aromatic N) is 4. The number of aromatic nitrogens is 3. The minimum absolute atomic E-state index is 0.162. The molecule has 1 N–H and O–H groups in total. The molecule has 176 valence electrons. The van der Waals surface area contributed by atoms with Gasteiger partial charge in [-0.25, -0.2) is 4.79 Å². The van der Waals surface area contributed by atoms with Crippen molar-refractivity contribution in [2.24, 2.45) is 0 Å². The van der Waals surface area contributed by atoms with Crippen LogP contribution in [0.2, 0.25) is 0 Å². The van der Waals surface area contributed by atoms with E-state index in [0.717, 1.165) is 22.3 Å². The predicted octanol–water partition coefficient (Wildman–Crippen LogP) is 4.40. The lowest BCUT2D eigenvalue weighted by atomic mass is 10.0. The van der Waals surface area contributed by atoms with Gasteiger partial charge in [0.25, 0.3) is 0 Å². The molecule has 0 spiro atoms. The van der Waals surface area contributed by atoms with Gasteiger partial charge in [-0.05, 0) is 16.7 Å². The second kappa shape index (κ2) is 10.5. The van der Waals surface area contributed by atoms with Crippen molar-refractivity contribution in [2.45, 2.75) is 18.8 Å². The summed E-state index contributed by atoms with van der Waals surface area (Å²) >= 11 is 0. The molecule has 0 unspecified atom stereocenters. The van der Waals surface area contributed by atoms with E-state index in [1.54, 1.807) is 23.2 Å². The summed E-state index contributed by atoms with van der Waals surface area (Å²) in [5, 5.41) is 18.4. The highest BCUT2D eigenvalue weighted by Crippen LogP contribution is 2.24. The third-order valence-corrected chi connectivity index (χ3v) is 5.96. The molecule has 0 aliphatic carbocycles. The number of carbonyl (C=O) groups is 1. The summed E-state index contributed by atoms with van der Waals surface area (Å²) in [7, 11) is 0. The van der Waals surface area contributed by atoms with Crippen LogP contribution in [0.1, 0.15) is 5.56 Å². The fourth-order valence-corrected chi connectivity index (χ4v) is 4.08. The Morgan fingerprint density at radius 3 is 2.29 bits per heavy atom. The van der Waals surface area contributed by atoms with Gasteiger partial charge in [0.15, 0.2) is 0 Å². The lowest BCUT2D eigenvalue weighted by Gasteiger charge is -2.33. The SMILES string of the molecule is O=C(N1C[C@H](O)C=C[C@@H]1COCc1ccccc1)n1cc(-c2ccc(-c3ccccc3)cc2)nn1. The average molecular weight is 467 g/mol. The summed E-state index contributed by atoms with van der Waals surface area (Å²) in [6, 6.07) is 27.3. The van der Waals surface area contributed by atoms with Gasteiger partial charge in [0.05, 0.1) is 38.1 Å². The Labute approximate surface area is 203 Å². The lowest BCUT2D eigenvalue weighted by Crippen LogP contribution is -2.49. The third kappa shape index (κ3) is 5.37. The zero-order chi connectivity index (χ0) is 24.0. The van der Waals surface area contributed by atoms with E-state index in [0.29, 0.717) is 18.9 Å². The highest BCUT2D eigenvalue weighted by Gasteiger charge is 2.29. The van der Waals surface area contributed by atoms with E-state index in [9.17, 15) is 9.90 Å². The fourth-order valence-electron chi connectivity index (χ4n) is 4.08. The highest BCUT2D eigenvalue weighted by molar-refractivity contribution is 5.78. The number of aliphatic hydroxyl groups excluding tert-OH is 1. The molecule has 1 amide bonds. The van der Waals surface area contributed by atoms with Gasteiger partial charge in [0.1, 0.15) is 5.69 Å². The molecule has 0 saturated carbocycles. The smallest absolute Gasteiger partial charge is 0.346 e. The van der Waals surface area contributed by atoms with Gasteiger partial charge in [-0.2, -0.15) is 4.68 Å². The molecule has 4 aromatic rings. The molecule has 2 atom stereocenters. The molecule has 0 saturated heterocycles. The van der Waals surface area contributed by atoms with E-state index in [1.807, 2.05) is 72.8 Å². The van der Waals surface area contributed by atoms with Crippen LogP contribution >= 0.6 is 0 Å². The van der Waals surface area contributed by atoms with Crippen molar-refractivity contribution in [3.05, 3.63) is 109 Å². The number of rotatable bonds is 6. The Kier molecular flexibility index (Phi) is 6.79. The fraction of sp³-hybridized carbons (Fsp3) is 0.179. The van der Waals surface area contributed by atoms with Crippen molar-refractivity contribution in [3.8, 4) is 22.4 Å². The quantitative estimate of drug-likeness (QED) is 0.426. The second-order valence-corrected chi connectivity index (χ2v) is 8.45. The van der Waals surface area contributed by atoms with Gasteiger partial charge in [0.2, 0.25) is 0 Å². The van der Waals surface area contributed by atoms with Crippen molar-refractivity contribution in [2.75, 3.05) is 13.2 Å². The number of benzene rings is 3. The first-order valence-corrected chi connectivity index (χ1v) is 11.5. The van der Waals surface area contributed by atoms with Crippen LogP contribution in [0.3, 0.4) is 0 Å². The Morgan fingerprint density at radius 1 is 0.886 bits per heavy atom. The standard InChI is InChI=1S/C28H26N4O3/c33-26-16-15-25(20-35-19-21-7-3-1-4-8-21)31(17-26)28(34)32-18-27(29-30-32)24-13-11-23(12-14-24)22-9-5-2-6-10-22/h1-16,18,25-26,33H,17,19-20H2/t25-,26-/m1/s1. The lowest BCUT2D eigenvalue weighted by molar-refractivity contribution is 0.0570. The van der Waals surface area contributed by atoms with Crippen molar-refractivity contribution in [3.63, 3.8) is 0 Å². The first-order valence-electron chi connectivity index (χ1n) is 11.5. The number of carbonyl (C=O) groups excluding carboxylic acids is 1. The van der Waals surface area contributed by atoms with Gasteiger partial charge in [-0.15, -0.1) is 5.10 Å². The number of hydrogen-bond donors (Lipinski definition) is 1. The van der Waals surface area contributed by atoms with E-state index in [2.05, 4.69) is 22.4 Å². The van der Waals surface area contributed by atoms with E-state index in [-0.39, 0.29) is 18.6 Å². The topological polar surface area (TPSA) is 80.5 Å². The maximum absolute atomic E-state index is 13.3. The molecule has 35 heavy (non-hydrogen) atoms. The van der Waals surface area contributed by atoms with Crippen LogP contribution in [0.4, 0.5) is 4.79 Å². The zero-order valence-electron chi connectivity index (χ0n) is 19.1. The van der Waals surface area contributed by atoms with E-state index in [4.69, 9.17) is 4.74 Å². The maximum atomic E-state index is 13.3. The molecular formula is C28H26N4O3. The number of aliphatic hydroxyl groups is 1. The van der Waals surface area contributed by atoms with E-state index >= 15 is 0 Å². The van der Waals surface area contributed by atoms with Crippen molar-refractivity contribution in [1.82, 2.24) is 19.9 Å². The van der Waals surface area contributed by atoms with Crippen molar-refractivity contribution in [1.29, 1.82) is 0 Å². The minimum Gasteiger partial charge on any atom is -0.387 e. The Balaban J connectivity index is 1.27. The Hall–Kier alpha value is -4.07. The molecule has 3 aromatic carbocycles.